The molecule has 0 saturated carbocycles. The van der Waals surface area contributed by atoms with Gasteiger partial charge in [0.2, 0.25) is 5.88 Å². The molecule has 0 aliphatic heterocycles. The maximum absolute atomic E-state index is 13.4. The minimum atomic E-state index is -0.804. The number of primary amides is 1. The molecule has 5 heteroatoms. The molecule has 2 rings (SSSR count). The monoisotopic (exact) mass is 260 g/mol. The van der Waals surface area contributed by atoms with E-state index in [2.05, 4.69) is 4.98 Å². The van der Waals surface area contributed by atoms with Crippen LogP contribution in [0.5, 0.6) is 5.88 Å². The Morgan fingerprint density at radius 1 is 1.42 bits per heavy atom. The summed E-state index contributed by atoms with van der Waals surface area (Å²) in [6, 6.07) is 7.69. The molecule has 0 aliphatic carbocycles. The van der Waals surface area contributed by atoms with Crippen molar-refractivity contribution in [1.29, 1.82) is 0 Å². The topological polar surface area (TPSA) is 65.2 Å². The summed E-state index contributed by atoms with van der Waals surface area (Å²) in [6.07, 6.45) is 1.60. The number of nitrogens with zero attached hydrogens (tertiary/aromatic N) is 1. The smallest absolute Gasteiger partial charge is 0.251 e. The quantitative estimate of drug-likeness (QED) is 0.917. The number of benzene rings is 1. The van der Waals surface area contributed by atoms with Gasteiger partial charge in [-0.1, -0.05) is 6.07 Å². The summed E-state index contributed by atoms with van der Waals surface area (Å²) in [5.74, 6) is -1.01. The summed E-state index contributed by atoms with van der Waals surface area (Å²) in [5.41, 5.74) is 6.30. The maximum Gasteiger partial charge on any atom is 0.251 e. The van der Waals surface area contributed by atoms with Crippen molar-refractivity contribution in [1.82, 2.24) is 4.98 Å². The molecule has 1 heterocycles. The van der Waals surface area contributed by atoms with Crippen molar-refractivity contribution in [3.63, 3.8) is 0 Å². The third-order valence-electron chi connectivity index (χ3n) is 2.60. The first kappa shape index (κ1) is 13.0. The van der Waals surface area contributed by atoms with Crippen LogP contribution in [0.25, 0.3) is 11.1 Å². The van der Waals surface area contributed by atoms with Crippen LogP contribution in [0.15, 0.2) is 36.5 Å². The number of carbonyl (C=O) groups excluding carboxylic acids is 1. The standard InChI is InChI=1S/C14H13FN2O2/c1-2-19-14-10(4-3-7-17-14)9-5-6-12(15)11(8-9)13(16)18/h3-8H,2H2,1H3,(H2,16,18). The van der Waals surface area contributed by atoms with Crippen LogP contribution >= 0.6 is 0 Å². The Hall–Kier alpha value is -2.43. The molecule has 19 heavy (non-hydrogen) atoms. The first-order chi connectivity index (χ1) is 9.13. The van der Waals surface area contributed by atoms with Gasteiger partial charge >= 0.3 is 0 Å². The normalized spacial score (nSPS) is 10.2. The van der Waals surface area contributed by atoms with E-state index in [0.717, 1.165) is 0 Å². The van der Waals surface area contributed by atoms with Gasteiger partial charge in [-0.3, -0.25) is 4.79 Å². The molecule has 1 amide bonds. The van der Waals surface area contributed by atoms with Gasteiger partial charge in [-0.25, -0.2) is 9.37 Å². The van der Waals surface area contributed by atoms with Gasteiger partial charge in [0.05, 0.1) is 12.2 Å². The summed E-state index contributed by atoms with van der Waals surface area (Å²) >= 11 is 0. The number of amides is 1. The summed E-state index contributed by atoms with van der Waals surface area (Å²) < 4.78 is 18.8. The Morgan fingerprint density at radius 3 is 2.89 bits per heavy atom. The van der Waals surface area contributed by atoms with E-state index >= 15 is 0 Å². The molecule has 0 bridgehead atoms. The van der Waals surface area contributed by atoms with E-state index in [1.807, 2.05) is 6.92 Å². The average Bonchev–Trinajstić information content (AvgIpc) is 2.40. The third-order valence-corrected chi connectivity index (χ3v) is 2.60. The number of hydrogen-bond acceptors (Lipinski definition) is 3. The van der Waals surface area contributed by atoms with Crippen LogP contribution in [0.4, 0.5) is 4.39 Å². The minimum Gasteiger partial charge on any atom is -0.478 e. The van der Waals surface area contributed by atoms with E-state index in [1.165, 1.54) is 12.1 Å². The molecular weight excluding hydrogens is 247 g/mol. The van der Waals surface area contributed by atoms with Gasteiger partial charge in [0.25, 0.3) is 5.91 Å². The van der Waals surface area contributed by atoms with Crippen molar-refractivity contribution in [2.45, 2.75) is 6.92 Å². The zero-order valence-corrected chi connectivity index (χ0v) is 10.4. The highest BCUT2D eigenvalue weighted by molar-refractivity contribution is 5.94. The Bertz CT molecular complexity index is 614. The molecule has 1 aromatic carbocycles. The Morgan fingerprint density at radius 2 is 2.21 bits per heavy atom. The fourth-order valence-electron chi connectivity index (χ4n) is 1.74. The zero-order chi connectivity index (χ0) is 13.8. The number of ether oxygens (including phenoxy) is 1. The molecule has 0 spiro atoms. The predicted molar refractivity (Wildman–Crippen MR) is 69.3 cm³/mol. The molecule has 1 aromatic heterocycles. The number of hydrogen-bond donors (Lipinski definition) is 1. The molecule has 2 aromatic rings. The number of nitrogens with two attached hydrogens (primary N) is 1. The van der Waals surface area contributed by atoms with Gasteiger partial charge in [-0.15, -0.1) is 0 Å². The van der Waals surface area contributed by atoms with Gasteiger partial charge in [-0.05, 0) is 36.8 Å². The molecule has 0 unspecified atom stereocenters. The Balaban J connectivity index is 2.53. The van der Waals surface area contributed by atoms with Crippen LogP contribution in [0.3, 0.4) is 0 Å². The van der Waals surface area contributed by atoms with Gasteiger partial charge in [0.1, 0.15) is 5.82 Å². The average molecular weight is 260 g/mol. The van der Waals surface area contributed by atoms with Crippen LogP contribution in [-0.2, 0) is 0 Å². The first-order valence-corrected chi connectivity index (χ1v) is 5.81. The molecule has 0 atom stereocenters. The van der Waals surface area contributed by atoms with Crippen LogP contribution in [0.2, 0.25) is 0 Å². The first-order valence-electron chi connectivity index (χ1n) is 5.81. The highest BCUT2D eigenvalue weighted by Crippen LogP contribution is 2.29. The van der Waals surface area contributed by atoms with E-state index < -0.39 is 11.7 Å². The lowest BCUT2D eigenvalue weighted by Gasteiger charge is -2.09. The lowest BCUT2D eigenvalue weighted by Crippen LogP contribution is -2.13. The molecule has 0 fully saturated rings. The van der Waals surface area contributed by atoms with Crippen molar-refractivity contribution < 1.29 is 13.9 Å². The Labute approximate surface area is 110 Å². The lowest BCUT2D eigenvalue weighted by atomic mass is 10.0. The van der Waals surface area contributed by atoms with Crippen LogP contribution < -0.4 is 10.5 Å². The zero-order valence-electron chi connectivity index (χ0n) is 10.4. The minimum absolute atomic E-state index is 0.149. The molecule has 98 valence electrons. The molecule has 0 saturated heterocycles. The van der Waals surface area contributed by atoms with Crippen LogP contribution in [0, 0.1) is 5.82 Å². The van der Waals surface area contributed by atoms with E-state index in [4.69, 9.17) is 10.5 Å². The second-order valence-corrected chi connectivity index (χ2v) is 3.85. The molecule has 0 aliphatic rings. The fourth-order valence-corrected chi connectivity index (χ4v) is 1.74. The molecule has 4 nitrogen and oxygen atoms in total. The SMILES string of the molecule is CCOc1ncccc1-c1ccc(F)c(C(N)=O)c1. The van der Waals surface area contributed by atoms with E-state index in [-0.39, 0.29) is 5.56 Å². The predicted octanol–water partition coefficient (Wildman–Crippen LogP) is 2.39. The lowest BCUT2D eigenvalue weighted by molar-refractivity contribution is 0.0996. The highest BCUT2D eigenvalue weighted by Gasteiger charge is 2.13. The van der Waals surface area contributed by atoms with Gasteiger partial charge < -0.3 is 10.5 Å². The van der Waals surface area contributed by atoms with Gasteiger partial charge in [0.15, 0.2) is 0 Å². The molecular formula is C14H13FN2O2. The number of rotatable bonds is 4. The van der Waals surface area contributed by atoms with Crippen molar-refractivity contribution in [2.24, 2.45) is 5.73 Å². The molecule has 2 N–H and O–H groups in total. The van der Waals surface area contributed by atoms with E-state index in [0.29, 0.717) is 23.6 Å². The van der Waals surface area contributed by atoms with Crippen LogP contribution in [0.1, 0.15) is 17.3 Å². The number of halogens is 1. The fraction of sp³-hybridized carbons (Fsp3) is 0.143. The van der Waals surface area contributed by atoms with Crippen molar-refractivity contribution in [2.75, 3.05) is 6.61 Å². The number of carbonyl (C=O) groups is 1. The largest absolute Gasteiger partial charge is 0.478 e. The highest BCUT2D eigenvalue weighted by atomic mass is 19.1. The third kappa shape index (κ3) is 2.70. The Kier molecular flexibility index (Phi) is 3.75. The maximum atomic E-state index is 13.4. The van der Waals surface area contributed by atoms with Crippen molar-refractivity contribution in [3.05, 3.63) is 47.9 Å². The van der Waals surface area contributed by atoms with E-state index in [1.54, 1.807) is 24.4 Å². The summed E-state index contributed by atoms with van der Waals surface area (Å²) in [6.45, 7) is 2.31. The van der Waals surface area contributed by atoms with Crippen LogP contribution in [-0.4, -0.2) is 17.5 Å². The van der Waals surface area contributed by atoms with Gasteiger partial charge in [-0.2, -0.15) is 0 Å². The number of pyridine rings is 1. The second-order valence-electron chi connectivity index (χ2n) is 3.85. The summed E-state index contributed by atoms with van der Waals surface area (Å²) in [7, 11) is 0. The van der Waals surface area contributed by atoms with E-state index in [9.17, 15) is 9.18 Å². The van der Waals surface area contributed by atoms with Gasteiger partial charge in [0, 0.05) is 11.8 Å². The summed E-state index contributed by atoms with van der Waals surface area (Å²) in [5, 5.41) is 0. The van der Waals surface area contributed by atoms with Crippen molar-refractivity contribution in [3.8, 4) is 17.0 Å². The second kappa shape index (κ2) is 5.48. The summed E-state index contributed by atoms with van der Waals surface area (Å²) in [4.78, 5) is 15.3. The molecule has 0 radical (unpaired) electrons. The number of aromatic nitrogens is 1. The van der Waals surface area contributed by atoms with Crippen molar-refractivity contribution >= 4 is 5.91 Å².